The molecule has 0 aromatic carbocycles. The standard InChI is InChI=1S/C11H20O/c1-9(2)5-6-11(7-8-12)10(3)4/h5,7,10,12H,6,8H2,1-4H3/b11-7-. The molecule has 0 aliphatic heterocycles. The fourth-order valence-electron chi connectivity index (χ4n) is 0.994. The molecule has 0 aliphatic rings. The van der Waals surface area contributed by atoms with E-state index >= 15 is 0 Å². The lowest BCUT2D eigenvalue weighted by atomic mass is 9.99. The van der Waals surface area contributed by atoms with Crippen LogP contribution in [0.5, 0.6) is 0 Å². The van der Waals surface area contributed by atoms with Crippen molar-refractivity contribution in [2.75, 3.05) is 6.61 Å². The molecule has 0 unspecified atom stereocenters. The van der Waals surface area contributed by atoms with Gasteiger partial charge in [0.05, 0.1) is 6.61 Å². The molecule has 0 heterocycles. The van der Waals surface area contributed by atoms with Gasteiger partial charge in [0.25, 0.3) is 0 Å². The van der Waals surface area contributed by atoms with Gasteiger partial charge < -0.3 is 5.11 Å². The summed E-state index contributed by atoms with van der Waals surface area (Å²) < 4.78 is 0. The van der Waals surface area contributed by atoms with E-state index in [1.807, 2.05) is 6.08 Å². The molecule has 1 N–H and O–H groups in total. The number of aliphatic hydroxyl groups is 1. The van der Waals surface area contributed by atoms with Gasteiger partial charge in [-0.1, -0.05) is 37.1 Å². The lowest BCUT2D eigenvalue weighted by molar-refractivity contribution is 0.340. The third-order valence-electron chi connectivity index (χ3n) is 1.84. The third-order valence-corrected chi connectivity index (χ3v) is 1.84. The molecule has 1 heteroatoms. The van der Waals surface area contributed by atoms with Crippen molar-refractivity contribution >= 4 is 0 Å². The van der Waals surface area contributed by atoms with Crippen molar-refractivity contribution < 1.29 is 5.11 Å². The van der Waals surface area contributed by atoms with Crippen molar-refractivity contribution in [1.29, 1.82) is 0 Å². The van der Waals surface area contributed by atoms with Crippen LogP contribution in [0.3, 0.4) is 0 Å². The highest BCUT2D eigenvalue weighted by atomic mass is 16.2. The van der Waals surface area contributed by atoms with E-state index in [2.05, 4.69) is 33.8 Å². The Morgan fingerprint density at radius 1 is 1.25 bits per heavy atom. The molecule has 1 nitrogen and oxygen atoms in total. The Morgan fingerprint density at radius 2 is 1.83 bits per heavy atom. The molecule has 70 valence electrons. The maximum absolute atomic E-state index is 8.75. The predicted molar refractivity (Wildman–Crippen MR) is 54.1 cm³/mol. The second kappa shape index (κ2) is 6.01. The van der Waals surface area contributed by atoms with E-state index in [0.29, 0.717) is 5.92 Å². The maximum Gasteiger partial charge on any atom is 0.0615 e. The molecule has 0 saturated heterocycles. The summed E-state index contributed by atoms with van der Waals surface area (Å²) in [5.41, 5.74) is 2.65. The van der Waals surface area contributed by atoms with E-state index in [0.717, 1.165) is 6.42 Å². The average Bonchev–Trinajstić information content (AvgIpc) is 1.96. The molecule has 12 heavy (non-hydrogen) atoms. The van der Waals surface area contributed by atoms with Crippen LogP contribution < -0.4 is 0 Å². The Labute approximate surface area is 75.8 Å². The summed E-state index contributed by atoms with van der Waals surface area (Å²) in [6.45, 7) is 8.65. The van der Waals surface area contributed by atoms with E-state index in [9.17, 15) is 0 Å². The number of hydrogen-bond acceptors (Lipinski definition) is 1. The minimum absolute atomic E-state index is 0.157. The van der Waals surface area contributed by atoms with Gasteiger partial charge in [0.15, 0.2) is 0 Å². The molecule has 0 aliphatic carbocycles. The van der Waals surface area contributed by atoms with Gasteiger partial charge in [0, 0.05) is 0 Å². The smallest absolute Gasteiger partial charge is 0.0615 e. The zero-order valence-electron chi connectivity index (χ0n) is 8.59. The molecule has 0 aromatic heterocycles. The second-order valence-electron chi connectivity index (χ2n) is 3.60. The summed E-state index contributed by atoms with van der Waals surface area (Å²) in [5.74, 6) is 0.535. The molecule has 0 bridgehead atoms. The summed E-state index contributed by atoms with van der Waals surface area (Å²) in [6, 6.07) is 0. The number of hydrogen-bond donors (Lipinski definition) is 1. The first-order valence-corrected chi connectivity index (χ1v) is 4.51. The summed E-state index contributed by atoms with van der Waals surface area (Å²) in [4.78, 5) is 0. The second-order valence-corrected chi connectivity index (χ2v) is 3.60. The molecule has 0 spiro atoms. The van der Waals surface area contributed by atoms with Crippen LogP contribution in [0.15, 0.2) is 23.3 Å². The minimum atomic E-state index is 0.157. The first kappa shape index (κ1) is 11.4. The molecule has 0 fully saturated rings. The lowest BCUT2D eigenvalue weighted by Crippen LogP contribution is -1.94. The van der Waals surface area contributed by atoms with Gasteiger partial charge in [-0.05, 0) is 26.2 Å². The highest BCUT2D eigenvalue weighted by Crippen LogP contribution is 2.14. The van der Waals surface area contributed by atoms with Crippen molar-refractivity contribution in [1.82, 2.24) is 0 Å². The molecule has 0 aromatic rings. The lowest BCUT2D eigenvalue weighted by Gasteiger charge is -2.08. The Kier molecular flexibility index (Phi) is 5.73. The van der Waals surface area contributed by atoms with Crippen molar-refractivity contribution in [3.8, 4) is 0 Å². The molecule has 0 radical (unpaired) electrons. The van der Waals surface area contributed by atoms with E-state index in [4.69, 9.17) is 5.11 Å². The minimum Gasteiger partial charge on any atom is -0.392 e. The molecule has 0 saturated carbocycles. The van der Waals surface area contributed by atoms with E-state index < -0.39 is 0 Å². The quantitative estimate of drug-likeness (QED) is 0.640. The van der Waals surface area contributed by atoms with Crippen molar-refractivity contribution in [3.05, 3.63) is 23.3 Å². The number of aliphatic hydroxyl groups excluding tert-OH is 1. The van der Waals surface area contributed by atoms with Gasteiger partial charge in [0.1, 0.15) is 0 Å². The van der Waals surface area contributed by atoms with Gasteiger partial charge in [0.2, 0.25) is 0 Å². The normalized spacial score (nSPS) is 12.0. The highest BCUT2D eigenvalue weighted by molar-refractivity contribution is 5.11. The van der Waals surface area contributed by atoms with Gasteiger partial charge in [-0.15, -0.1) is 0 Å². The topological polar surface area (TPSA) is 20.2 Å². The van der Waals surface area contributed by atoms with Crippen molar-refractivity contribution in [2.45, 2.75) is 34.1 Å². The Hall–Kier alpha value is -0.560. The van der Waals surface area contributed by atoms with E-state index in [1.165, 1.54) is 11.1 Å². The van der Waals surface area contributed by atoms with Crippen molar-refractivity contribution in [2.24, 2.45) is 5.92 Å². The monoisotopic (exact) mass is 168 g/mol. The van der Waals surface area contributed by atoms with Crippen LogP contribution in [0.4, 0.5) is 0 Å². The Morgan fingerprint density at radius 3 is 2.17 bits per heavy atom. The first-order valence-electron chi connectivity index (χ1n) is 4.51. The fraction of sp³-hybridized carbons (Fsp3) is 0.636. The molecular weight excluding hydrogens is 148 g/mol. The fourth-order valence-corrected chi connectivity index (χ4v) is 0.994. The largest absolute Gasteiger partial charge is 0.392 e. The molecule has 0 rings (SSSR count). The first-order chi connectivity index (χ1) is 5.57. The Bertz CT molecular complexity index is 171. The molecular formula is C11H20O. The Balaban J connectivity index is 4.16. The number of allylic oxidation sites excluding steroid dienone is 3. The van der Waals surface area contributed by atoms with Crippen LogP contribution in [0.25, 0.3) is 0 Å². The van der Waals surface area contributed by atoms with Crippen LogP contribution in [0, 0.1) is 5.92 Å². The number of rotatable bonds is 4. The average molecular weight is 168 g/mol. The van der Waals surface area contributed by atoms with Crippen LogP contribution in [-0.2, 0) is 0 Å². The van der Waals surface area contributed by atoms with Gasteiger partial charge in [-0.3, -0.25) is 0 Å². The molecule has 0 atom stereocenters. The summed E-state index contributed by atoms with van der Waals surface area (Å²) in [5, 5.41) is 8.75. The highest BCUT2D eigenvalue weighted by Gasteiger charge is 1.99. The zero-order valence-corrected chi connectivity index (χ0v) is 8.59. The summed E-state index contributed by atoms with van der Waals surface area (Å²) >= 11 is 0. The van der Waals surface area contributed by atoms with Crippen LogP contribution >= 0.6 is 0 Å². The van der Waals surface area contributed by atoms with Gasteiger partial charge >= 0.3 is 0 Å². The van der Waals surface area contributed by atoms with Gasteiger partial charge in [-0.25, -0.2) is 0 Å². The third kappa shape index (κ3) is 5.14. The zero-order chi connectivity index (χ0) is 9.56. The molecule has 0 amide bonds. The maximum atomic E-state index is 8.75. The van der Waals surface area contributed by atoms with Gasteiger partial charge in [-0.2, -0.15) is 0 Å². The predicted octanol–water partition coefficient (Wildman–Crippen LogP) is 2.92. The van der Waals surface area contributed by atoms with Crippen LogP contribution in [-0.4, -0.2) is 11.7 Å². The SMILES string of the molecule is CC(C)=CC/C(=C/CO)C(C)C. The van der Waals surface area contributed by atoms with Crippen molar-refractivity contribution in [3.63, 3.8) is 0 Å². The van der Waals surface area contributed by atoms with E-state index in [1.54, 1.807) is 0 Å². The van der Waals surface area contributed by atoms with Crippen LogP contribution in [0.2, 0.25) is 0 Å². The summed E-state index contributed by atoms with van der Waals surface area (Å²) in [6.07, 6.45) is 5.08. The van der Waals surface area contributed by atoms with Crippen LogP contribution in [0.1, 0.15) is 34.1 Å². The summed E-state index contributed by atoms with van der Waals surface area (Å²) in [7, 11) is 0. The van der Waals surface area contributed by atoms with E-state index in [-0.39, 0.29) is 6.61 Å².